The molecule has 1 atom stereocenters. The fourth-order valence-corrected chi connectivity index (χ4v) is 2.62. The number of nitrogens with one attached hydrogen (secondary N) is 4. The predicted molar refractivity (Wildman–Crippen MR) is 82.6 cm³/mol. The Balaban J connectivity index is 2.01. The van der Waals surface area contributed by atoms with E-state index in [1.807, 2.05) is 51.2 Å². The lowest BCUT2D eigenvalue weighted by atomic mass is 9.83. The number of benzene rings is 1. The van der Waals surface area contributed by atoms with E-state index >= 15 is 0 Å². The van der Waals surface area contributed by atoms with Gasteiger partial charge in [0.15, 0.2) is 0 Å². The zero-order valence-corrected chi connectivity index (χ0v) is 13.1. The highest BCUT2D eigenvalue weighted by Gasteiger charge is 2.33. The standard InChI is InChI=1S/C15H25N5O/c1-11(13-16-18-19-17-13)10-20(4)14(21)15(2,3)12-8-6-5-7-9-12/h5-9,11,13,16-19H,10H2,1-4H3. The van der Waals surface area contributed by atoms with Gasteiger partial charge in [0.1, 0.15) is 0 Å². The van der Waals surface area contributed by atoms with E-state index in [-0.39, 0.29) is 18.0 Å². The summed E-state index contributed by atoms with van der Waals surface area (Å²) < 4.78 is 0. The van der Waals surface area contributed by atoms with Gasteiger partial charge < -0.3 is 4.90 Å². The maximum atomic E-state index is 12.8. The number of hydrogen-bond acceptors (Lipinski definition) is 5. The molecule has 4 N–H and O–H groups in total. The molecule has 21 heavy (non-hydrogen) atoms. The van der Waals surface area contributed by atoms with E-state index in [4.69, 9.17) is 0 Å². The van der Waals surface area contributed by atoms with Crippen LogP contribution in [0.3, 0.4) is 0 Å². The molecule has 1 unspecified atom stereocenters. The first-order valence-electron chi connectivity index (χ1n) is 7.25. The molecule has 6 nitrogen and oxygen atoms in total. The number of carbonyl (C=O) groups excluding carboxylic acids is 1. The van der Waals surface area contributed by atoms with Crippen LogP contribution >= 0.6 is 0 Å². The summed E-state index contributed by atoms with van der Waals surface area (Å²) in [5.41, 5.74) is 12.2. The van der Waals surface area contributed by atoms with Gasteiger partial charge in [0.25, 0.3) is 0 Å². The highest BCUT2D eigenvalue weighted by Crippen LogP contribution is 2.25. The van der Waals surface area contributed by atoms with Crippen molar-refractivity contribution in [1.82, 2.24) is 26.8 Å². The van der Waals surface area contributed by atoms with Crippen LogP contribution in [0.15, 0.2) is 30.3 Å². The van der Waals surface area contributed by atoms with Crippen LogP contribution < -0.4 is 21.9 Å². The van der Waals surface area contributed by atoms with Gasteiger partial charge in [-0.15, -0.1) is 0 Å². The molecule has 2 rings (SSSR count). The van der Waals surface area contributed by atoms with Crippen molar-refractivity contribution in [2.24, 2.45) is 5.92 Å². The number of carbonyl (C=O) groups is 1. The largest absolute Gasteiger partial charge is 0.345 e. The zero-order chi connectivity index (χ0) is 15.5. The fraction of sp³-hybridized carbons (Fsp3) is 0.533. The Morgan fingerprint density at radius 2 is 1.81 bits per heavy atom. The van der Waals surface area contributed by atoms with Gasteiger partial charge in [0.05, 0.1) is 11.6 Å². The molecule has 1 aliphatic rings. The van der Waals surface area contributed by atoms with Crippen LogP contribution in [-0.4, -0.2) is 30.6 Å². The molecule has 6 heteroatoms. The van der Waals surface area contributed by atoms with Crippen LogP contribution in [0, 0.1) is 5.92 Å². The predicted octanol–water partition coefficient (Wildman–Crippen LogP) is 0.502. The number of nitrogens with zero attached hydrogens (tertiary/aromatic N) is 1. The van der Waals surface area contributed by atoms with Crippen LogP contribution in [0.25, 0.3) is 0 Å². The van der Waals surface area contributed by atoms with Crippen LogP contribution in [0.2, 0.25) is 0 Å². The molecule has 1 heterocycles. The number of likely N-dealkylation sites (N-methyl/N-ethyl adjacent to an activating group) is 1. The van der Waals surface area contributed by atoms with Crippen molar-refractivity contribution in [3.63, 3.8) is 0 Å². The average Bonchev–Trinajstić information content (AvgIpc) is 3.01. The highest BCUT2D eigenvalue weighted by atomic mass is 16.2. The van der Waals surface area contributed by atoms with Gasteiger partial charge in [-0.2, -0.15) is 11.1 Å². The maximum Gasteiger partial charge on any atom is 0.232 e. The third kappa shape index (κ3) is 3.59. The molecular formula is C15H25N5O. The highest BCUT2D eigenvalue weighted by molar-refractivity contribution is 5.87. The Morgan fingerprint density at radius 3 is 2.38 bits per heavy atom. The van der Waals surface area contributed by atoms with Crippen LogP contribution in [0.1, 0.15) is 26.3 Å². The monoisotopic (exact) mass is 291 g/mol. The molecule has 0 aromatic heterocycles. The normalized spacial score (nSPS) is 17.7. The molecule has 0 spiro atoms. The fourth-order valence-electron chi connectivity index (χ4n) is 2.62. The van der Waals surface area contributed by atoms with Gasteiger partial charge in [-0.3, -0.25) is 4.79 Å². The molecule has 1 aromatic carbocycles. The van der Waals surface area contributed by atoms with Gasteiger partial charge >= 0.3 is 0 Å². The molecule has 1 saturated heterocycles. The molecule has 0 radical (unpaired) electrons. The molecule has 1 amide bonds. The maximum absolute atomic E-state index is 12.8. The molecule has 0 bridgehead atoms. The topological polar surface area (TPSA) is 68.4 Å². The molecule has 1 aliphatic heterocycles. The number of hydrogen-bond donors (Lipinski definition) is 4. The Labute approximate surface area is 126 Å². The van der Waals surface area contributed by atoms with E-state index in [1.54, 1.807) is 4.90 Å². The smallest absolute Gasteiger partial charge is 0.232 e. The quantitative estimate of drug-likeness (QED) is 0.636. The van der Waals surface area contributed by atoms with Gasteiger partial charge in [-0.25, -0.2) is 10.9 Å². The van der Waals surface area contributed by atoms with E-state index in [2.05, 4.69) is 28.8 Å². The minimum atomic E-state index is -0.525. The summed E-state index contributed by atoms with van der Waals surface area (Å²) in [6.07, 6.45) is 0.0834. The Morgan fingerprint density at radius 1 is 1.24 bits per heavy atom. The van der Waals surface area contributed by atoms with Gasteiger partial charge in [0.2, 0.25) is 5.91 Å². The molecule has 1 aromatic rings. The first-order valence-corrected chi connectivity index (χ1v) is 7.25. The molecule has 116 valence electrons. The summed E-state index contributed by atoms with van der Waals surface area (Å²) in [6, 6.07) is 9.91. The summed E-state index contributed by atoms with van der Waals surface area (Å²) >= 11 is 0. The van der Waals surface area contributed by atoms with Crippen molar-refractivity contribution in [3.05, 3.63) is 35.9 Å². The van der Waals surface area contributed by atoms with Crippen molar-refractivity contribution in [2.75, 3.05) is 13.6 Å². The summed E-state index contributed by atoms with van der Waals surface area (Å²) in [6.45, 7) is 6.71. The van der Waals surface area contributed by atoms with E-state index in [0.717, 1.165) is 5.56 Å². The van der Waals surface area contributed by atoms with Gasteiger partial charge in [0, 0.05) is 19.5 Å². The first kappa shape index (κ1) is 15.9. The van der Waals surface area contributed by atoms with E-state index in [1.165, 1.54) is 0 Å². The third-order valence-electron chi connectivity index (χ3n) is 4.03. The van der Waals surface area contributed by atoms with E-state index in [0.29, 0.717) is 6.54 Å². The summed E-state index contributed by atoms with van der Waals surface area (Å²) in [7, 11) is 1.86. The lowest BCUT2D eigenvalue weighted by Gasteiger charge is -2.32. The summed E-state index contributed by atoms with van der Waals surface area (Å²) in [4.78, 5) is 14.6. The SMILES string of the molecule is CC(CN(C)C(=O)C(C)(C)c1ccccc1)C1NNNN1. The zero-order valence-electron chi connectivity index (χ0n) is 13.1. The number of hydrazine groups is 3. The molecule has 1 fully saturated rings. The minimum absolute atomic E-state index is 0.0834. The van der Waals surface area contributed by atoms with Crippen LogP contribution in [0.4, 0.5) is 0 Å². The number of rotatable bonds is 5. The Hall–Kier alpha value is -1.47. The van der Waals surface area contributed by atoms with Gasteiger partial charge in [-0.1, -0.05) is 37.3 Å². The average molecular weight is 291 g/mol. The van der Waals surface area contributed by atoms with Crippen molar-refractivity contribution < 1.29 is 4.79 Å². The van der Waals surface area contributed by atoms with Crippen molar-refractivity contribution in [1.29, 1.82) is 0 Å². The minimum Gasteiger partial charge on any atom is -0.345 e. The van der Waals surface area contributed by atoms with Crippen molar-refractivity contribution in [2.45, 2.75) is 32.4 Å². The summed E-state index contributed by atoms with van der Waals surface area (Å²) in [5.74, 6) is 0.382. The third-order valence-corrected chi connectivity index (χ3v) is 4.03. The van der Waals surface area contributed by atoms with Crippen LogP contribution in [0.5, 0.6) is 0 Å². The number of amides is 1. The molecule has 0 saturated carbocycles. The Bertz CT molecular complexity index is 470. The molecular weight excluding hydrogens is 266 g/mol. The van der Waals surface area contributed by atoms with Crippen molar-refractivity contribution in [3.8, 4) is 0 Å². The van der Waals surface area contributed by atoms with Crippen molar-refractivity contribution >= 4 is 5.91 Å². The Kier molecular flexibility index (Phi) is 4.95. The van der Waals surface area contributed by atoms with E-state index < -0.39 is 5.41 Å². The summed E-state index contributed by atoms with van der Waals surface area (Å²) in [5, 5.41) is 0. The van der Waals surface area contributed by atoms with Crippen LogP contribution in [-0.2, 0) is 10.2 Å². The molecule has 0 aliphatic carbocycles. The first-order chi connectivity index (χ1) is 9.93. The van der Waals surface area contributed by atoms with E-state index in [9.17, 15) is 4.79 Å². The lowest BCUT2D eigenvalue weighted by molar-refractivity contribution is -0.135. The second-order valence-electron chi connectivity index (χ2n) is 6.17. The van der Waals surface area contributed by atoms with Gasteiger partial charge in [-0.05, 0) is 19.4 Å². The lowest BCUT2D eigenvalue weighted by Crippen LogP contribution is -2.48. The second kappa shape index (κ2) is 6.53. The second-order valence-corrected chi connectivity index (χ2v) is 6.17.